The molecular weight excluding hydrogens is 214 g/mol. The first kappa shape index (κ1) is 12.0. The molecule has 0 fully saturated rings. The minimum atomic E-state index is 0.366. The first-order valence-corrected chi connectivity index (χ1v) is 6.12. The second-order valence-electron chi connectivity index (χ2n) is 4.40. The lowest BCUT2D eigenvalue weighted by Crippen LogP contribution is -2.27. The van der Waals surface area contributed by atoms with E-state index in [1.807, 2.05) is 13.1 Å². The standard InChI is InChI=1S/C11H18ClNS/c1-11(2,8-13-3)7-6-9-4-5-10(12)14-9/h4-5,13H,6-8H2,1-3H3. The van der Waals surface area contributed by atoms with Gasteiger partial charge in [-0.2, -0.15) is 0 Å². The highest BCUT2D eigenvalue weighted by molar-refractivity contribution is 7.16. The maximum absolute atomic E-state index is 5.88. The molecule has 0 spiro atoms. The molecule has 0 saturated heterocycles. The Morgan fingerprint density at radius 3 is 2.64 bits per heavy atom. The highest BCUT2D eigenvalue weighted by Crippen LogP contribution is 2.27. The Kier molecular flexibility index (Phi) is 4.42. The van der Waals surface area contributed by atoms with E-state index in [1.54, 1.807) is 11.3 Å². The van der Waals surface area contributed by atoms with Crippen molar-refractivity contribution in [2.24, 2.45) is 5.41 Å². The van der Waals surface area contributed by atoms with Crippen molar-refractivity contribution in [1.29, 1.82) is 0 Å². The van der Waals surface area contributed by atoms with Crippen molar-refractivity contribution >= 4 is 22.9 Å². The lowest BCUT2D eigenvalue weighted by atomic mass is 9.87. The molecule has 0 aliphatic carbocycles. The van der Waals surface area contributed by atoms with Crippen molar-refractivity contribution in [3.63, 3.8) is 0 Å². The van der Waals surface area contributed by atoms with Crippen LogP contribution in [0, 0.1) is 5.41 Å². The zero-order chi connectivity index (χ0) is 10.6. The van der Waals surface area contributed by atoms with Gasteiger partial charge in [-0.1, -0.05) is 25.4 Å². The number of hydrogen-bond donors (Lipinski definition) is 1. The van der Waals surface area contributed by atoms with E-state index < -0.39 is 0 Å². The van der Waals surface area contributed by atoms with Crippen molar-refractivity contribution in [2.45, 2.75) is 26.7 Å². The molecule has 1 aromatic heterocycles. The molecule has 1 aromatic rings. The smallest absolute Gasteiger partial charge is 0.0931 e. The SMILES string of the molecule is CNCC(C)(C)CCc1ccc(Cl)s1. The highest BCUT2D eigenvalue weighted by atomic mass is 35.5. The normalized spacial score (nSPS) is 12.0. The van der Waals surface area contributed by atoms with Crippen LogP contribution in [0.5, 0.6) is 0 Å². The van der Waals surface area contributed by atoms with Crippen molar-refractivity contribution in [2.75, 3.05) is 13.6 Å². The Hall–Kier alpha value is -0.0500. The molecule has 1 nitrogen and oxygen atoms in total. The number of hydrogen-bond acceptors (Lipinski definition) is 2. The summed E-state index contributed by atoms with van der Waals surface area (Å²) in [6.45, 7) is 5.64. The molecule has 0 aliphatic heterocycles. The average molecular weight is 232 g/mol. The van der Waals surface area contributed by atoms with Crippen LogP contribution in [0.25, 0.3) is 0 Å². The highest BCUT2D eigenvalue weighted by Gasteiger charge is 2.16. The quantitative estimate of drug-likeness (QED) is 0.817. The predicted molar refractivity (Wildman–Crippen MR) is 65.4 cm³/mol. The summed E-state index contributed by atoms with van der Waals surface area (Å²) < 4.78 is 0.895. The van der Waals surface area contributed by atoms with Gasteiger partial charge in [-0.05, 0) is 44.0 Å². The average Bonchev–Trinajstić information content (AvgIpc) is 2.48. The van der Waals surface area contributed by atoms with Crippen LogP contribution in [-0.2, 0) is 6.42 Å². The van der Waals surface area contributed by atoms with Crippen LogP contribution in [0.3, 0.4) is 0 Å². The van der Waals surface area contributed by atoms with Gasteiger partial charge in [0.1, 0.15) is 0 Å². The Balaban J connectivity index is 2.40. The second-order valence-corrected chi connectivity index (χ2v) is 6.20. The van der Waals surface area contributed by atoms with E-state index in [9.17, 15) is 0 Å². The van der Waals surface area contributed by atoms with Crippen LogP contribution in [0.4, 0.5) is 0 Å². The molecule has 0 aromatic carbocycles. The van der Waals surface area contributed by atoms with E-state index in [1.165, 1.54) is 11.3 Å². The molecule has 0 bridgehead atoms. The minimum absolute atomic E-state index is 0.366. The Morgan fingerprint density at radius 2 is 2.14 bits per heavy atom. The zero-order valence-electron chi connectivity index (χ0n) is 9.06. The minimum Gasteiger partial charge on any atom is -0.319 e. The van der Waals surface area contributed by atoms with Gasteiger partial charge in [-0.25, -0.2) is 0 Å². The molecule has 0 amide bonds. The van der Waals surface area contributed by atoms with Gasteiger partial charge >= 0.3 is 0 Å². The second kappa shape index (κ2) is 5.15. The van der Waals surface area contributed by atoms with E-state index in [0.717, 1.165) is 17.3 Å². The largest absolute Gasteiger partial charge is 0.319 e. The van der Waals surface area contributed by atoms with Crippen LogP contribution in [0.2, 0.25) is 4.34 Å². The fourth-order valence-corrected chi connectivity index (χ4v) is 2.60. The van der Waals surface area contributed by atoms with Gasteiger partial charge in [-0.15, -0.1) is 11.3 Å². The third-order valence-corrected chi connectivity index (χ3v) is 3.62. The molecule has 1 heterocycles. The lowest BCUT2D eigenvalue weighted by molar-refractivity contribution is 0.325. The summed E-state index contributed by atoms with van der Waals surface area (Å²) in [7, 11) is 2.00. The van der Waals surface area contributed by atoms with Crippen LogP contribution >= 0.6 is 22.9 Å². The molecule has 0 aliphatic rings. The van der Waals surface area contributed by atoms with Gasteiger partial charge in [0, 0.05) is 4.88 Å². The predicted octanol–water partition coefficient (Wildman–Crippen LogP) is 3.58. The molecule has 0 saturated carbocycles. The monoisotopic (exact) mass is 231 g/mol. The van der Waals surface area contributed by atoms with Gasteiger partial charge < -0.3 is 5.32 Å². The van der Waals surface area contributed by atoms with Crippen molar-refractivity contribution in [1.82, 2.24) is 5.32 Å². The van der Waals surface area contributed by atoms with Gasteiger partial charge in [0.2, 0.25) is 0 Å². The molecule has 0 atom stereocenters. The Labute approximate surface area is 95.5 Å². The topological polar surface area (TPSA) is 12.0 Å². The van der Waals surface area contributed by atoms with Crippen LogP contribution in [0.15, 0.2) is 12.1 Å². The number of thiophene rings is 1. The molecular formula is C11H18ClNS. The summed E-state index contributed by atoms with van der Waals surface area (Å²) in [5, 5.41) is 3.23. The number of nitrogens with one attached hydrogen (secondary N) is 1. The Bertz CT molecular complexity index is 281. The third-order valence-electron chi connectivity index (χ3n) is 2.33. The summed E-state index contributed by atoms with van der Waals surface area (Å²) >= 11 is 7.57. The van der Waals surface area contributed by atoms with Crippen LogP contribution in [0.1, 0.15) is 25.1 Å². The molecule has 1 N–H and O–H groups in total. The van der Waals surface area contributed by atoms with Gasteiger partial charge in [0.25, 0.3) is 0 Å². The molecule has 14 heavy (non-hydrogen) atoms. The summed E-state index contributed by atoms with van der Waals surface area (Å²) in [6.07, 6.45) is 2.33. The maximum atomic E-state index is 5.88. The number of halogens is 1. The van der Waals surface area contributed by atoms with Crippen molar-refractivity contribution in [3.05, 3.63) is 21.3 Å². The van der Waals surface area contributed by atoms with E-state index in [-0.39, 0.29) is 0 Å². The molecule has 0 radical (unpaired) electrons. The fraction of sp³-hybridized carbons (Fsp3) is 0.636. The van der Waals surface area contributed by atoms with E-state index in [4.69, 9.17) is 11.6 Å². The maximum Gasteiger partial charge on any atom is 0.0931 e. The Morgan fingerprint density at radius 1 is 1.43 bits per heavy atom. The third kappa shape index (κ3) is 3.99. The first-order chi connectivity index (χ1) is 6.53. The van der Waals surface area contributed by atoms with Gasteiger partial charge in [0.05, 0.1) is 4.34 Å². The van der Waals surface area contributed by atoms with E-state index in [2.05, 4.69) is 25.2 Å². The van der Waals surface area contributed by atoms with E-state index >= 15 is 0 Å². The van der Waals surface area contributed by atoms with Gasteiger partial charge in [0.15, 0.2) is 0 Å². The molecule has 1 rings (SSSR count). The van der Waals surface area contributed by atoms with Crippen LogP contribution < -0.4 is 5.32 Å². The fourth-order valence-electron chi connectivity index (χ4n) is 1.51. The molecule has 80 valence electrons. The van der Waals surface area contributed by atoms with E-state index in [0.29, 0.717) is 5.41 Å². The summed E-state index contributed by atoms with van der Waals surface area (Å²) in [5.41, 5.74) is 0.366. The van der Waals surface area contributed by atoms with Crippen molar-refractivity contribution < 1.29 is 0 Å². The summed E-state index contributed by atoms with van der Waals surface area (Å²) in [6, 6.07) is 4.11. The zero-order valence-corrected chi connectivity index (χ0v) is 10.6. The molecule has 0 unspecified atom stereocenters. The van der Waals surface area contributed by atoms with Crippen LogP contribution in [-0.4, -0.2) is 13.6 Å². The molecule has 3 heteroatoms. The number of rotatable bonds is 5. The first-order valence-electron chi connectivity index (χ1n) is 4.92. The summed E-state index contributed by atoms with van der Waals surface area (Å²) in [5.74, 6) is 0. The number of aryl methyl sites for hydroxylation is 1. The van der Waals surface area contributed by atoms with Crippen molar-refractivity contribution in [3.8, 4) is 0 Å². The van der Waals surface area contributed by atoms with Gasteiger partial charge in [-0.3, -0.25) is 0 Å². The lowest BCUT2D eigenvalue weighted by Gasteiger charge is -2.23. The summed E-state index contributed by atoms with van der Waals surface area (Å²) in [4.78, 5) is 1.39.